The summed E-state index contributed by atoms with van der Waals surface area (Å²) < 4.78 is 11.3. The van der Waals surface area contributed by atoms with Gasteiger partial charge in [0.25, 0.3) is 0 Å². The smallest absolute Gasteiger partial charge is 0.178 e. The molecule has 0 aliphatic carbocycles. The van der Waals surface area contributed by atoms with Crippen molar-refractivity contribution in [2.24, 2.45) is 5.73 Å². The van der Waals surface area contributed by atoms with Crippen LogP contribution in [0.3, 0.4) is 0 Å². The quantitative estimate of drug-likeness (QED) is 0.599. The fraction of sp³-hybridized carbons (Fsp3) is 1.00. The first-order chi connectivity index (χ1) is 10.1. The summed E-state index contributed by atoms with van der Waals surface area (Å²) in [5.74, 6) is 0. The SMILES string of the molecule is CCC(C[SiH]1CCCCO1)NC(C)N.C[SiH]1CCCCO1. The van der Waals surface area contributed by atoms with Crippen molar-refractivity contribution in [3.63, 3.8) is 0 Å². The molecular weight excluding hydrogens is 296 g/mol. The van der Waals surface area contributed by atoms with Crippen LogP contribution in [-0.4, -0.2) is 43.5 Å². The van der Waals surface area contributed by atoms with Gasteiger partial charge in [0.05, 0.1) is 6.17 Å². The molecule has 2 fully saturated rings. The van der Waals surface area contributed by atoms with E-state index in [0.717, 1.165) is 19.6 Å². The number of nitrogens with one attached hydrogen (secondary N) is 1. The summed E-state index contributed by atoms with van der Waals surface area (Å²) in [6.07, 6.45) is 6.64. The van der Waals surface area contributed by atoms with Crippen molar-refractivity contribution in [1.29, 1.82) is 0 Å². The molecule has 2 aliphatic rings. The lowest BCUT2D eigenvalue weighted by molar-refractivity contribution is 0.281. The molecule has 2 saturated heterocycles. The Morgan fingerprint density at radius 3 is 2.14 bits per heavy atom. The van der Waals surface area contributed by atoms with E-state index in [0.29, 0.717) is 6.04 Å². The maximum Gasteiger partial charge on any atom is 0.178 e. The molecule has 0 saturated carbocycles. The van der Waals surface area contributed by atoms with Gasteiger partial charge in [-0.05, 0) is 50.9 Å². The Morgan fingerprint density at radius 1 is 1.10 bits per heavy atom. The van der Waals surface area contributed by atoms with Gasteiger partial charge in [0.1, 0.15) is 0 Å². The standard InChI is InChI=1S/C10H24N2OSi.C5H12OSi/c1-3-10(12-9(2)11)8-14-7-5-4-6-13-14;1-7-5-3-2-4-6-7/h9-10,12,14H,3-8,11H2,1-2H3;7H,2-5H2,1H3. The van der Waals surface area contributed by atoms with Crippen LogP contribution in [0, 0.1) is 0 Å². The zero-order valence-electron chi connectivity index (χ0n) is 14.3. The van der Waals surface area contributed by atoms with Gasteiger partial charge in [0.15, 0.2) is 18.1 Å². The van der Waals surface area contributed by atoms with Crippen molar-refractivity contribution in [2.45, 2.75) is 82.8 Å². The van der Waals surface area contributed by atoms with E-state index in [2.05, 4.69) is 18.8 Å². The predicted molar refractivity (Wildman–Crippen MR) is 95.8 cm³/mol. The lowest BCUT2D eigenvalue weighted by Gasteiger charge is -2.26. The summed E-state index contributed by atoms with van der Waals surface area (Å²) in [4.78, 5) is 0. The van der Waals surface area contributed by atoms with Gasteiger partial charge in [0, 0.05) is 19.3 Å². The van der Waals surface area contributed by atoms with Crippen molar-refractivity contribution in [3.8, 4) is 0 Å². The lowest BCUT2D eigenvalue weighted by atomic mass is 10.2. The molecular formula is C15H36N2O2Si2. The van der Waals surface area contributed by atoms with Crippen LogP contribution in [0.5, 0.6) is 0 Å². The van der Waals surface area contributed by atoms with Gasteiger partial charge in [-0.25, -0.2) is 0 Å². The average Bonchev–Trinajstić information content (AvgIpc) is 2.48. The number of hydrogen-bond acceptors (Lipinski definition) is 4. The van der Waals surface area contributed by atoms with Crippen LogP contribution < -0.4 is 11.1 Å². The zero-order valence-corrected chi connectivity index (χ0v) is 16.6. The van der Waals surface area contributed by atoms with Crippen LogP contribution in [0.1, 0.15) is 46.0 Å². The second-order valence-corrected chi connectivity index (χ2v) is 11.6. The second kappa shape index (κ2) is 11.8. The van der Waals surface area contributed by atoms with Crippen LogP contribution in [-0.2, 0) is 8.85 Å². The molecule has 4 unspecified atom stereocenters. The molecule has 6 heteroatoms. The van der Waals surface area contributed by atoms with Gasteiger partial charge in [-0.1, -0.05) is 19.8 Å². The first-order valence-corrected chi connectivity index (χ1v) is 13.4. The topological polar surface area (TPSA) is 56.5 Å². The monoisotopic (exact) mass is 332 g/mol. The molecule has 0 aromatic carbocycles. The minimum atomic E-state index is -0.879. The Balaban J connectivity index is 0.000000262. The largest absolute Gasteiger partial charge is 0.420 e. The van der Waals surface area contributed by atoms with E-state index >= 15 is 0 Å². The Kier molecular flexibility index (Phi) is 10.8. The fourth-order valence-corrected chi connectivity index (χ4v) is 7.42. The highest BCUT2D eigenvalue weighted by Gasteiger charge is 2.20. The Bertz CT molecular complexity index is 246. The van der Waals surface area contributed by atoms with E-state index in [1.807, 2.05) is 6.92 Å². The molecule has 2 rings (SSSR count). The van der Waals surface area contributed by atoms with Gasteiger partial charge >= 0.3 is 0 Å². The third-order valence-electron chi connectivity index (χ3n) is 4.22. The van der Waals surface area contributed by atoms with E-state index in [1.54, 1.807) is 0 Å². The first-order valence-electron chi connectivity index (χ1n) is 8.86. The van der Waals surface area contributed by atoms with Crippen molar-refractivity contribution in [1.82, 2.24) is 5.32 Å². The van der Waals surface area contributed by atoms with Crippen LogP contribution in [0.15, 0.2) is 0 Å². The highest BCUT2D eigenvalue weighted by atomic mass is 28.3. The molecule has 4 nitrogen and oxygen atoms in total. The molecule has 21 heavy (non-hydrogen) atoms. The van der Waals surface area contributed by atoms with Crippen LogP contribution >= 0.6 is 0 Å². The third-order valence-corrected chi connectivity index (χ3v) is 9.10. The minimum absolute atomic E-state index is 0.109. The third kappa shape index (κ3) is 9.81. The zero-order chi connectivity index (χ0) is 15.5. The van der Waals surface area contributed by atoms with E-state index in [9.17, 15) is 0 Å². The number of hydrogen-bond donors (Lipinski definition) is 2. The molecule has 0 spiro atoms. The molecule has 2 heterocycles. The Hall–Kier alpha value is 0.274. The molecule has 126 valence electrons. The highest BCUT2D eigenvalue weighted by Crippen LogP contribution is 2.16. The highest BCUT2D eigenvalue weighted by molar-refractivity contribution is 6.52. The van der Waals surface area contributed by atoms with Crippen molar-refractivity contribution in [2.75, 3.05) is 13.2 Å². The summed E-state index contributed by atoms with van der Waals surface area (Å²) in [5, 5.41) is 3.41. The predicted octanol–water partition coefficient (Wildman–Crippen LogP) is 2.34. The van der Waals surface area contributed by atoms with Gasteiger partial charge in [-0.15, -0.1) is 0 Å². The summed E-state index contributed by atoms with van der Waals surface area (Å²) in [6, 6.07) is 4.58. The molecule has 0 radical (unpaired) electrons. The van der Waals surface area contributed by atoms with Crippen molar-refractivity contribution >= 4 is 18.1 Å². The maximum atomic E-state index is 5.85. The van der Waals surface area contributed by atoms with E-state index < -0.39 is 18.1 Å². The summed E-state index contributed by atoms with van der Waals surface area (Å²) in [6.45, 7) is 8.56. The number of rotatable bonds is 5. The number of nitrogens with two attached hydrogens (primary N) is 1. The van der Waals surface area contributed by atoms with Crippen molar-refractivity contribution < 1.29 is 8.85 Å². The van der Waals surface area contributed by atoms with Gasteiger partial charge < -0.3 is 14.6 Å². The molecule has 0 amide bonds. The lowest BCUT2D eigenvalue weighted by Crippen LogP contribution is -2.44. The molecule has 0 bridgehead atoms. The summed E-state index contributed by atoms with van der Waals surface area (Å²) in [7, 11) is -1.47. The van der Waals surface area contributed by atoms with E-state index in [1.165, 1.54) is 43.8 Å². The first kappa shape index (κ1) is 19.3. The normalized spacial score (nSPS) is 29.1. The molecule has 0 aromatic heterocycles. The Morgan fingerprint density at radius 2 is 1.76 bits per heavy atom. The molecule has 4 atom stereocenters. The van der Waals surface area contributed by atoms with Crippen molar-refractivity contribution in [3.05, 3.63) is 0 Å². The van der Waals surface area contributed by atoms with E-state index in [-0.39, 0.29) is 6.17 Å². The van der Waals surface area contributed by atoms with Crippen LogP contribution in [0.4, 0.5) is 0 Å². The van der Waals surface area contributed by atoms with Gasteiger partial charge in [-0.3, -0.25) is 5.32 Å². The molecule has 3 N–H and O–H groups in total. The Labute approximate surface area is 134 Å². The van der Waals surface area contributed by atoms with Crippen LogP contribution in [0.2, 0.25) is 24.7 Å². The minimum Gasteiger partial charge on any atom is -0.420 e. The fourth-order valence-electron chi connectivity index (χ4n) is 2.94. The summed E-state index contributed by atoms with van der Waals surface area (Å²) >= 11 is 0. The summed E-state index contributed by atoms with van der Waals surface area (Å²) in [5.41, 5.74) is 5.74. The maximum absolute atomic E-state index is 5.85. The van der Waals surface area contributed by atoms with Gasteiger partial charge in [-0.2, -0.15) is 0 Å². The average molecular weight is 333 g/mol. The molecule has 2 aliphatic heterocycles. The molecule has 0 aromatic rings. The van der Waals surface area contributed by atoms with Gasteiger partial charge in [0.2, 0.25) is 0 Å². The van der Waals surface area contributed by atoms with Crippen LogP contribution in [0.25, 0.3) is 0 Å². The van der Waals surface area contributed by atoms with E-state index in [4.69, 9.17) is 14.6 Å². The second-order valence-electron chi connectivity index (χ2n) is 6.46.